The third-order valence-electron chi connectivity index (χ3n) is 2.31. The molecule has 1 aromatic carbocycles. The van der Waals surface area contributed by atoms with Crippen LogP contribution in [0.15, 0.2) is 27.1 Å². The van der Waals surface area contributed by atoms with E-state index in [9.17, 15) is 9.59 Å². The van der Waals surface area contributed by atoms with Gasteiger partial charge in [0.05, 0.1) is 5.69 Å². The monoisotopic (exact) mass is 392 g/mol. The normalized spacial score (nSPS) is 11.7. The van der Waals surface area contributed by atoms with Crippen molar-refractivity contribution in [1.82, 2.24) is 5.32 Å². The summed E-state index contributed by atoms with van der Waals surface area (Å²) in [5, 5.41) is 13.9. The molecule has 2 amide bonds. The highest BCUT2D eigenvalue weighted by Gasteiger charge is 2.10. The van der Waals surface area contributed by atoms with Crippen molar-refractivity contribution >= 4 is 49.5 Å². The standard InChI is InChI=1S/C12H14Br2N2O3/c1-7(4-11(17)18)6-15-12(19)16-10-3-2-8(13)5-9(10)14/h2-3,5,7H,4,6H2,1H3,(H,17,18)(H2,15,16,19). The van der Waals surface area contributed by atoms with Crippen LogP contribution in [-0.4, -0.2) is 23.7 Å². The molecular weight excluding hydrogens is 380 g/mol. The van der Waals surface area contributed by atoms with Crippen molar-refractivity contribution in [1.29, 1.82) is 0 Å². The second-order valence-electron chi connectivity index (χ2n) is 4.16. The quantitative estimate of drug-likeness (QED) is 0.716. The van der Waals surface area contributed by atoms with Crippen LogP contribution in [0.3, 0.4) is 0 Å². The zero-order chi connectivity index (χ0) is 14.4. The predicted molar refractivity (Wildman–Crippen MR) is 80.3 cm³/mol. The van der Waals surface area contributed by atoms with Gasteiger partial charge < -0.3 is 15.7 Å². The van der Waals surface area contributed by atoms with Crippen LogP contribution in [0.25, 0.3) is 0 Å². The molecule has 0 heterocycles. The Hall–Kier alpha value is -1.08. The Kier molecular flexibility index (Phi) is 6.30. The third-order valence-corrected chi connectivity index (χ3v) is 3.46. The maximum absolute atomic E-state index is 11.6. The van der Waals surface area contributed by atoms with E-state index in [0.29, 0.717) is 12.2 Å². The highest BCUT2D eigenvalue weighted by molar-refractivity contribution is 9.11. The number of anilines is 1. The molecule has 7 heteroatoms. The summed E-state index contributed by atoms with van der Waals surface area (Å²) in [6, 6.07) is 5.03. The molecule has 0 bridgehead atoms. The topological polar surface area (TPSA) is 78.4 Å². The minimum atomic E-state index is -0.870. The number of rotatable bonds is 5. The van der Waals surface area contributed by atoms with E-state index in [0.717, 1.165) is 8.95 Å². The molecule has 0 aliphatic carbocycles. The van der Waals surface area contributed by atoms with Gasteiger partial charge in [-0.05, 0) is 40.0 Å². The molecule has 0 fully saturated rings. The number of nitrogens with one attached hydrogen (secondary N) is 2. The summed E-state index contributed by atoms with van der Waals surface area (Å²) in [6.07, 6.45) is 0.0300. The van der Waals surface area contributed by atoms with Crippen LogP contribution >= 0.6 is 31.9 Å². The lowest BCUT2D eigenvalue weighted by molar-refractivity contribution is -0.137. The maximum Gasteiger partial charge on any atom is 0.319 e. The molecule has 1 atom stereocenters. The van der Waals surface area contributed by atoms with Gasteiger partial charge in [-0.3, -0.25) is 4.79 Å². The first-order chi connectivity index (χ1) is 8.88. The smallest absolute Gasteiger partial charge is 0.319 e. The zero-order valence-electron chi connectivity index (χ0n) is 10.2. The Labute approximate surface area is 128 Å². The number of aliphatic carboxylic acids is 1. The van der Waals surface area contributed by atoms with E-state index in [1.807, 2.05) is 12.1 Å². The third kappa shape index (κ3) is 6.07. The Morgan fingerprint density at radius 1 is 1.37 bits per heavy atom. The molecular formula is C12H14Br2N2O3. The van der Waals surface area contributed by atoms with Crippen molar-refractivity contribution in [3.8, 4) is 0 Å². The van der Waals surface area contributed by atoms with Gasteiger partial charge in [0.25, 0.3) is 0 Å². The summed E-state index contributed by atoms with van der Waals surface area (Å²) in [4.78, 5) is 22.1. The summed E-state index contributed by atoms with van der Waals surface area (Å²) in [7, 11) is 0. The van der Waals surface area contributed by atoms with E-state index in [2.05, 4.69) is 42.5 Å². The average molecular weight is 394 g/mol. The number of hydrogen-bond donors (Lipinski definition) is 3. The number of benzene rings is 1. The van der Waals surface area contributed by atoms with Crippen molar-refractivity contribution in [3.05, 3.63) is 27.1 Å². The molecule has 0 aliphatic heterocycles. The van der Waals surface area contributed by atoms with Gasteiger partial charge in [-0.15, -0.1) is 0 Å². The van der Waals surface area contributed by atoms with Gasteiger partial charge in [-0.2, -0.15) is 0 Å². The second kappa shape index (κ2) is 7.49. The Balaban J connectivity index is 2.45. The summed E-state index contributed by atoms with van der Waals surface area (Å²) in [6.45, 7) is 2.08. The Bertz CT molecular complexity index is 480. The summed E-state index contributed by atoms with van der Waals surface area (Å²) in [5.74, 6) is -0.984. The summed E-state index contributed by atoms with van der Waals surface area (Å²) >= 11 is 6.66. The number of urea groups is 1. The van der Waals surface area contributed by atoms with E-state index in [-0.39, 0.29) is 18.4 Å². The van der Waals surface area contributed by atoms with Crippen molar-refractivity contribution in [2.45, 2.75) is 13.3 Å². The van der Waals surface area contributed by atoms with E-state index in [1.165, 1.54) is 0 Å². The average Bonchev–Trinajstić information content (AvgIpc) is 2.29. The summed E-state index contributed by atoms with van der Waals surface area (Å²) < 4.78 is 1.66. The van der Waals surface area contributed by atoms with E-state index < -0.39 is 5.97 Å². The maximum atomic E-state index is 11.6. The first-order valence-corrected chi connectivity index (χ1v) is 7.18. The van der Waals surface area contributed by atoms with Crippen LogP contribution < -0.4 is 10.6 Å². The van der Waals surface area contributed by atoms with Gasteiger partial charge in [0.1, 0.15) is 0 Å². The molecule has 19 heavy (non-hydrogen) atoms. The minimum Gasteiger partial charge on any atom is -0.481 e. The SMILES string of the molecule is CC(CNC(=O)Nc1ccc(Br)cc1Br)CC(=O)O. The van der Waals surface area contributed by atoms with Gasteiger partial charge in [0, 0.05) is 21.9 Å². The zero-order valence-corrected chi connectivity index (χ0v) is 13.4. The van der Waals surface area contributed by atoms with E-state index >= 15 is 0 Å². The van der Waals surface area contributed by atoms with E-state index in [1.54, 1.807) is 13.0 Å². The molecule has 104 valence electrons. The molecule has 0 aliphatic rings. The van der Waals surface area contributed by atoms with Crippen LogP contribution in [0.5, 0.6) is 0 Å². The van der Waals surface area contributed by atoms with Crippen LogP contribution in [0, 0.1) is 5.92 Å². The van der Waals surface area contributed by atoms with Gasteiger partial charge in [0.2, 0.25) is 0 Å². The van der Waals surface area contributed by atoms with E-state index in [4.69, 9.17) is 5.11 Å². The number of halogens is 2. The lowest BCUT2D eigenvalue weighted by Crippen LogP contribution is -2.33. The number of carboxylic acids is 1. The second-order valence-corrected chi connectivity index (χ2v) is 5.93. The number of carbonyl (C=O) groups excluding carboxylic acids is 1. The number of carbonyl (C=O) groups is 2. The first kappa shape index (κ1) is 16.0. The fraction of sp³-hybridized carbons (Fsp3) is 0.333. The molecule has 5 nitrogen and oxygen atoms in total. The van der Waals surface area contributed by atoms with Crippen LogP contribution in [0.2, 0.25) is 0 Å². The lowest BCUT2D eigenvalue weighted by atomic mass is 10.1. The molecule has 0 saturated carbocycles. The fourth-order valence-corrected chi connectivity index (χ4v) is 2.54. The predicted octanol–water partition coefficient (Wildman–Crippen LogP) is 3.44. The van der Waals surface area contributed by atoms with Gasteiger partial charge in [-0.1, -0.05) is 22.9 Å². The highest BCUT2D eigenvalue weighted by Crippen LogP contribution is 2.25. The van der Waals surface area contributed by atoms with Crippen molar-refractivity contribution in [3.63, 3.8) is 0 Å². The molecule has 1 rings (SSSR count). The fourth-order valence-electron chi connectivity index (χ4n) is 1.39. The Morgan fingerprint density at radius 2 is 2.05 bits per heavy atom. The molecule has 3 N–H and O–H groups in total. The highest BCUT2D eigenvalue weighted by atomic mass is 79.9. The molecule has 0 aromatic heterocycles. The molecule has 1 aromatic rings. The van der Waals surface area contributed by atoms with Gasteiger partial charge >= 0.3 is 12.0 Å². The van der Waals surface area contributed by atoms with Crippen LogP contribution in [-0.2, 0) is 4.79 Å². The van der Waals surface area contributed by atoms with Gasteiger partial charge in [0.15, 0.2) is 0 Å². The lowest BCUT2D eigenvalue weighted by Gasteiger charge is -2.12. The summed E-state index contributed by atoms with van der Waals surface area (Å²) in [5.41, 5.74) is 0.645. The first-order valence-electron chi connectivity index (χ1n) is 5.60. The van der Waals surface area contributed by atoms with Crippen molar-refractivity contribution in [2.75, 3.05) is 11.9 Å². The number of amides is 2. The number of carboxylic acid groups (broad SMARTS) is 1. The van der Waals surface area contributed by atoms with Crippen LogP contribution in [0.4, 0.5) is 10.5 Å². The molecule has 1 unspecified atom stereocenters. The number of hydrogen-bond acceptors (Lipinski definition) is 2. The Morgan fingerprint density at radius 3 is 2.63 bits per heavy atom. The van der Waals surface area contributed by atoms with Crippen molar-refractivity contribution < 1.29 is 14.7 Å². The van der Waals surface area contributed by atoms with Gasteiger partial charge in [-0.25, -0.2) is 4.79 Å². The van der Waals surface area contributed by atoms with Crippen LogP contribution in [0.1, 0.15) is 13.3 Å². The largest absolute Gasteiger partial charge is 0.481 e. The molecule has 0 radical (unpaired) electrons. The van der Waals surface area contributed by atoms with Crippen molar-refractivity contribution in [2.24, 2.45) is 5.92 Å². The molecule has 0 spiro atoms. The minimum absolute atomic E-state index is 0.0300. The molecule has 0 saturated heterocycles.